The van der Waals surface area contributed by atoms with Crippen LogP contribution in [0.1, 0.15) is 69.8 Å². The zero-order chi connectivity index (χ0) is 23.9. The van der Waals surface area contributed by atoms with Crippen LogP contribution in [0.3, 0.4) is 0 Å². The lowest BCUT2D eigenvalue weighted by molar-refractivity contribution is -0.127. The SMILES string of the molecule is CCCN(CCC)C(=O)C1=Cc2ccc(C(=O)CO)cc2N=C(NC(=O)OC(C)(C)C)C1. The van der Waals surface area contributed by atoms with Crippen molar-refractivity contribution in [1.29, 1.82) is 0 Å². The van der Waals surface area contributed by atoms with Crippen LogP contribution in [0.4, 0.5) is 10.5 Å². The number of fused-ring (bicyclic) bond motifs is 1. The Balaban J connectivity index is 2.48. The molecule has 2 amide bonds. The third-order valence-electron chi connectivity index (χ3n) is 4.63. The monoisotopic (exact) mass is 443 g/mol. The number of Topliss-reactive ketones (excluding diaryl/α,β-unsaturated/α-hetero) is 1. The maximum Gasteiger partial charge on any atom is 0.413 e. The highest BCUT2D eigenvalue weighted by Crippen LogP contribution is 2.29. The average molecular weight is 444 g/mol. The van der Waals surface area contributed by atoms with E-state index in [1.54, 1.807) is 49.9 Å². The maximum atomic E-state index is 13.3. The zero-order valence-corrected chi connectivity index (χ0v) is 19.5. The number of amides is 2. The molecule has 32 heavy (non-hydrogen) atoms. The number of aliphatic hydroxyl groups is 1. The van der Waals surface area contributed by atoms with Crippen LogP contribution in [0.25, 0.3) is 6.08 Å². The van der Waals surface area contributed by atoms with E-state index < -0.39 is 24.1 Å². The Labute approximate surface area is 189 Å². The summed E-state index contributed by atoms with van der Waals surface area (Å²) in [6, 6.07) is 4.83. The van der Waals surface area contributed by atoms with Crippen molar-refractivity contribution >= 4 is 35.4 Å². The summed E-state index contributed by atoms with van der Waals surface area (Å²) in [4.78, 5) is 43.9. The maximum absolute atomic E-state index is 13.3. The molecule has 0 aliphatic carbocycles. The second kappa shape index (κ2) is 11.0. The predicted molar refractivity (Wildman–Crippen MR) is 124 cm³/mol. The zero-order valence-electron chi connectivity index (χ0n) is 19.5. The van der Waals surface area contributed by atoms with Gasteiger partial charge in [-0.05, 0) is 45.8 Å². The van der Waals surface area contributed by atoms with Crippen LogP contribution in [0, 0.1) is 0 Å². The molecule has 0 aromatic heterocycles. The first-order valence-corrected chi connectivity index (χ1v) is 10.9. The lowest BCUT2D eigenvalue weighted by Crippen LogP contribution is -2.38. The number of carbonyl (C=O) groups is 3. The molecule has 1 aliphatic rings. The van der Waals surface area contributed by atoms with Gasteiger partial charge < -0.3 is 14.7 Å². The number of alkyl carbamates (subject to hydrolysis) is 1. The van der Waals surface area contributed by atoms with E-state index in [0.29, 0.717) is 35.5 Å². The number of aliphatic imine (C=N–C) groups is 1. The summed E-state index contributed by atoms with van der Waals surface area (Å²) < 4.78 is 5.34. The van der Waals surface area contributed by atoms with Gasteiger partial charge in [0, 0.05) is 36.2 Å². The van der Waals surface area contributed by atoms with Crippen LogP contribution in [-0.4, -0.2) is 58.9 Å². The average Bonchev–Trinajstić information content (AvgIpc) is 2.89. The number of hydrogen-bond acceptors (Lipinski definition) is 6. The van der Waals surface area contributed by atoms with Gasteiger partial charge in [0.05, 0.1) is 5.69 Å². The minimum Gasteiger partial charge on any atom is -0.444 e. The number of amidine groups is 1. The van der Waals surface area contributed by atoms with Crippen LogP contribution < -0.4 is 5.32 Å². The molecule has 1 aromatic rings. The van der Waals surface area contributed by atoms with E-state index in [4.69, 9.17) is 4.74 Å². The highest BCUT2D eigenvalue weighted by atomic mass is 16.6. The van der Waals surface area contributed by atoms with Gasteiger partial charge in [0.2, 0.25) is 5.91 Å². The van der Waals surface area contributed by atoms with Gasteiger partial charge in [-0.25, -0.2) is 9.79 Å². The fraction of sp³-hybridized carbons (Fsp3) is 0.500. The second-order valence-electron chi connectivity index (χ2n) is 8.68. The molecule has 0 fully saturated rings. The molecular weight excluding hydrogens is 410 g/mol. The van der Waals surface area contributed by atoms with E-state index in [-0.39, 0.29) is 18.2 Å². The normalized spacial score (nSPS) is 13.3. The first kappa shape index (κ1) is 25.3. The number of aliphatic hydroxyl groups excluding tert-OH is 1. The van der Waals surface area contributed by atoms with Crippen molar-refractivity contribution in [3.05, 3.63) is 34.9 Å². The standard InChI is InChI=1S/C24H33N3O5/c1-6-10-27(11-7-2)22(30)18-12-16-8-9-17(20(29)15-28)13-19(16)25-21(14-18)26-23(31)32-24(3,4)5/h8-9,12-13,28H,6-7,10-11,14-15H2,1-5H3,(H,25,26,31). The van der Waals surface area contributed by atoms with Gasteiger partial charge in [-0.1, -0.05) is 26.0 Å². The topological polar surface area (TPSA) is 108 Å². The molecule has 2 rings (SSSR count). The van der Waals surface area contributed by atoms with Crippen LogP contribution >= 0.6 is 0 Å². The highest BCUT2D eigenvalue weighted by molar-refractivity contribution is 6.09. The minimum absolute atomic E-state index is 0.111. The number of nitrogens with one attached hydrogen (secondary N) is 1. The Kier molecular flexibility index (Phi) is 8.72. The van der Waals surface area contributed by atoms with Crippen molar-refractivity contribution in [2.45, 2.75) is 59.5 Å². The summed E-state index contributed by atoms with van der Waals surface area (Å²) in [6.45, 7) is 9.95. The number of nitrogens with zero attached hydrogens (tertiary/aromatic N) is 2. The van der Waals surface area contributed by atoms with E-state index in [1.165, 1.54) is 0 Å². The molecule has 1 aliphatic heterocycles. The number of rotatable bonds is 7. The van der Waals surface area contributed by atoms with Crippen molar-refractivity contribution in [1.82, 2.24) is 10.2 Å². The summed E-state index contributed by atoms with van der Waals surface area (Å²) in [5.41, 5.74) is 1.17. The fourth-order valence-corrected chi connectivity index (χ4v) is 3.32. The quantitative estimate of drug-likeness (QED) is 0.622. The van der Waals surface area contributed by atoms with E-state index in [1.807, 2.05) is 13.8 Å². The fourth-order valence-electron chi connectivity index (χ4n) is 3.32. The molecule has 0 atom stereocenters. The Morgan fingerprint density at radius 3 is 2.38 bits per heavy atom. The number of ether oxygens (including phenoxy) is 1. The van der Waals surface area contributed by atoms with Gasteiger partial charge in [-0.15, -0.1) is 0 Å². The lowest BCUT2D eigenvalue weighted by Gasteiger charge is -2.23. The van der Waals surface area contributed by atoms with Gasteiger partial charge >= 0.3 is 6.09 Å². The Bertz CT molecular complexity index is 922. The Hall–Kier alpha value is -3.00. The summed E-state index contributed by atoms with van der Waals surface area (Å²) in [5.74, 6) is -0.305. The van der Waals surface area contributed by atoms with Gasteiger partial charge in [0.15, 0.2) is 5.78 Å². The predicted octanol–water partition coefficient (Wildman–Crippen LogP) is 3.85. The lowest BCUT2D eigenvalue weighted by atomic mass is 10.0. The molecule has 8 nitrogen and oxygen atoms in total. The molecule has 0 radical (unpaired) electrons. The van der Waals surface area contributed by atoms with Crippen LogP contribution in [0.5, 0.6) is 0 Å². The Morgan fingerprint density at radius 2 is 1.81 bits per heavy atom. The smallest absolute Gasteiger partial charge is 0.413 e. The summed E-state index contributed by atoms with van der Waals surface area (Å²) in [6.07, 6.45) is 2.85. The second-order valence-corrected chi connectivity index (χ2v) is 8.68. The summed E-state index contributed by atoms with van der Waals surface area (Å²) in [7, 11) is 0. The van der Waals surface area contributed by atoms with E-state index in [2.05, 4.69) is 10.3 Å². The Morgan fingerprint density at radius 1 is 1.16 bits per heavy atom. The van der Waals surface area contributed by atoms with Gasteiger partial charge in [0.25, 0.3) is 0 Å². The molecule has 0 bridgehead atoms. The number of ketones is 1. The largest absolute Gasteiger partial charge is 0.444 e. The third kappa shape index (κ3) is 7.02. The van der Waals surface area contributed by atoms with Crippen molar-refractivity contribution in [2.75, 3.05) is 19.7 Å². The molecule has 2 N–H and O–H groups in total. The molecular formula is C24H33N3O5. The minimum atomic E-state index is -0.693. The molecule has 1 heterocycles. The third-order valence-corrected chi connectivity index (χ3v) is 4.63. The van der Waals surface area contributed by atoms with E-state index >= 15 is 0 Å². The van der Waals surface area contributed by atoms with Crippen LogP contribution in [-0.2, 0) is 9.53 Å². The molecule has 0 saturated heterocycles. The number of benzene rings is 1. The summed E-state index contributed by atoms with van der Waals surface area (Å²) >= 11 is 0. The van der Waals surface area contributed by atoms with Gasteiger partial charge in [-0.2, -0.15) is 0 Å². The molecule has 0 spiro atoms. The molecule has 8 heteroatoms. The highest BCUT2D eigenvalue weighted by Gasteiger charge is 2.24. The van der Waals surface area contributed by atoms with Crippen molar-refractivity contribution in [2.24, 2.45) is 4.99 Å². The van der Waals surface area contributed by atoms with Crippen LogP contribution in [0.15, 0.2) is 28.8 Å². The molecule has 1 aromatic carbocycles. The number of hydrogen-bond donors (Lipinski definition) is 2. The van der Waals surface area contributed by atoms with E-state index in [9.17, 15) is 19.5 Å². The van der Waals surface area contributed by atoms with Gasteiger partial charge in [0.1, 0.15) is 18.0 Å². The first-order valence-electron chi connectivity index (χ1n) is 10.9. The van der Waals surface area contributed by atoms with Crippen molar-refractivity contribution in [3.63, 3.8) is 0 Å². The van der Waals surface area contributed by atoms with E-state index in [0.717, 1.165) is 12.8 Å². The molecule has 0 unspecified atom stereocenters. The number of carbonyl (C=O) groups excluding carboxylic acids is 3. The molecule has 174 valence electrons. The van der Waals surface area contributed by atoms with Crippen molar-refractivity contribution < 1.29 is 24.2 Å². The summed E-state index contributed by atoms with van der Waals surface area (Å²) in [5, 5.41) is 11.8. The molecule has 0 saturated carbocycles. The van der Waals surface area contributed by atoms with Gasteiger partial charge in [-0.3, -0.25) is 14.9 Å². The van der Waals surface area contributed by atoms with Crippen molar-refractivity contribution in [3.8, 4) is 0 Å². The first-order chi connectivity index (χ1) is 15.1. The van der Waals surface area contributed by atoms with Crippen LogP contribution in [0.2, 0.25) is 0 Å².